The third kappa shape index (κ3) is 3.18. The summed E-state index contributed by atoms with van der Waals surface area (Å²) in [5.74, 6) is -3.45. The molecule has 18 heavy (non-hydrogen) atoms. The minimum absolute atomic E-state index is 0.204. The van der Waals surface area contributed by atoms with Crippen LogP contribution in [0.1, 0.15) is 22.5 Å². The monoisotopic (exact) mass is 273 g/mol. The molecule has 100 valence electrons. The molecule has 0 aliphatic carbocycles. The van der Waals surface area contributed by atoms with Gasteiger partial charge in [0.05, 0.1) is 5.56 Å². The van der Waals surface area contributed by atoms with E-state index in [-0.39, 0.29) is 6.07 Å². The summed E-state index contributed by atoms with van der Waals surface area (Å²) in [5.41, 5.74) is -4.12. The average molecular weight is 273 g/mol. The predicted octanol–water partition coefficient (Wildman–Crippen LogP) is 1.91. The summed E-state index contributed by atoms with van der Waals surface area (Å²) in [7, 11) is 0. The number of H-pyrrole nitrogens is 1. The molecule has 10 heteroatoms. The lowest BCUT2D eigenvalue weighted by atomic mass is 10.2. The maximum atomic E-state index is 12.4. The molecule has 0 aliphatic rings. The third-order valence-corrected chi connectivity index (χ3v) is 1.70. The minimum atomic E-state index is -5.35. The van der Waals surface area contributed by atoms with E-state index in [1.165, 1.54) is 4.98 Å². The molecule has 0 atom stereocenters. The highest BCUT2D eigenvalue weighted by atomic mass is 19.4. The van der Waals surface area contributed by atoms with Crippen molar-refractivity contribution in [3.8, 4) is 5.75 Å². The van der Waals surface area contributed by atoms with Crippen LogP contribution in [0.3, 0.4) is 0 Å². The van der Waals surface area contributed by atoms with E-state index in [9.17, 15) is 31.5 Å². The van der Waals surface area contributed by atoms with E-state index in [1.54, 1.807) is 0 Å². The number of aromatic nitrogens is 1. The Labute approximate surface area is 94.8 Å². The summed E-state index contributed by atoms with van der Waals surface area (Å²) in [6, 6.07) is 0.204. The second-order valence-electron chi connectivity index (χ2n) is 2.95. The van der Waals surface area contributed by atoms with Gasteiger partial charge in [0, 0.05) is 0 Å². The molecule has 0 aromatic carbocycles. The number of carboxylic acid groups (broad SMARTS) is 1. The Morgan fingerprint density at radius 1 is 1.39 bits per heavy atom. The highest BCUT2D eigenvalue weighted by Gasteiger charge is 2.35. The number of rotatable bonds is 3. The van der Waals surface area contributed by atoms with Gasteiger partial charge in [-0.25, -0.2) is 13.6 Å². The molecule has 1 rings (SSSR count). The van der Waals surface area contributed by atoms with Crippen LogP contribution in [0, 0.1) is 0 Å². The zero-order chi connectivity index (χ0) is 14.1. The molecule has 0 aliphatic heterocycles. The van der Waals surface area contributed by atoms with Crippen LogP contribution >= 0.6 is 0 Å². The van der Waals surface area contributed by atoms with E-state index in [1.807, 2.05) is 0 Å². The van der Waals surface area contributed by atoms with Crippen LogP contribution < -0.4 is 10.3 Å². The van der Waals surface area contributed by atoms with E-state index >= 15 is 0 Å². The number of nitrogens with one attached hydrogen (secondary N) is 1. The molecule has 0 saturated carbocycles. The summed E-state index contributed by atoms with van der Waals surface area (Å²) in [4.78, 5) is 23.0. The van der Waals surface area contributed by atoms with Gasteiger partial charge in [-0.1, -0.05) is 0 Å². The third-order valence-electron chi connectivity index (χ3n) is 1.70. The number of carbonyl (C=O) groups is 1. The van der Waals surface area contributed by atoms with Crippen LogP contribution in [0.2, 0.25) is 0 Å². The molecule has 0 unspecified atom stereocenters. The second-order valence-corrected chi connectivity index (χ2v) is 2.95. The van der Waals surface area contributed by atoms with Gasteiger partial charge >= 0.3 is 12.3 Å². The fourth-order valence-corrected chi connectivity index (χ4v) is 1.07. The molecule has 0 spiro atoms. The number of aromatic amines is 1. The SMILES string of the molecule is O=C(O)c1cc(C(F)F)c(OC(F)(F)F)c(=O)[nH]1. The molecule has 5 nitrogen and oxygen atoms in total. The first-order chi connectivity index (χ1) is 8.11. The quantitative estimate of drug-likeness (QED) is 0.824. The molecule has 0 amide bonds. The summed E-state index contributed by atoms with van der Waals surface area (Å²) in [6.07, 6.45) is -8.84. The van der Waals surface area contributed by atoms with Crippen LogP contribution in [0.4, 0.5) is 22.0 Å². The number of carboxylic acids is 1. The van der Waals surface area contributed by atoms with Crippen LogP contribution in [-0.4, -0.2) is 22.4 Å². The minimum Gasteiger partial charge on any atom is -0.477 e. The van der Waals surface area contributed by atoms with Crippen LogP contribution in [0.25, 0.3) is 0 Å². The first kappa shape index (κ1) is 13.9. The van der Waals surface area contributed by atoms with Crippen LogP contribution in [-0.2, 0) is 0 Å². The van der Waals surface area contributed by atoms with Crippen molar-refractivity contribution >= 4 is 5.97 Å². The van der Waals surface area contributed by atoms with Crippen molar-refractivity contribution in [2.45, 2.75) is 12.8 Å². The van der Waals surface area contributed by atoms with Gasteiger partial charge in [0.25, 0.3) is 12.0 Å². The zero-order valence-corrected chi connectivity index (χ0v) is 8.22. The Balaban J connectivity index is 3.42. The van der Waals surface area contributed by atoms with Crippen molar-refractivity contribution in [2.24, 2.45) is 0 Å². The Morgan fingerprint density at radius 3 is 2.33 bits per heavy atom. The molecule has 2 N–H and O–H groups in total. The van der Waals surface area contributed by atoms with Gasteiger partial charge in [0.2, 0.25) is 5.75 Å². The summed E-state index contributed by atoms with van der Waals surface area (Å²) in [6.45, 7) is 0. The van der Waals surface area contributed by atoms with E-state index in [0.717, 1.165) is 0 Å². The van der Waals surface area contributed by atoms with Gasteiger partial charge in [-0.15, -0.1) is 13.2 Å². The zero-order valence-electron chi connectivity index (χ0n) is 8.22. The number of pyridine rings is 1. The van der Waals surface area contributed by atoms with Crippen molar-refractivity contribution < 1.29 is 36.6 Å². The van der Waals surface area contributed by atoms with E-state index in [2.05, 4.69) is 4.74 Å². The van der Waals surface area contributed by atoms with Crippen molar-refractivity contribution in [1.29, 1.82) is 0 Å². The Bertz CT molecular complexity index is 521. The van der Waals surface area contributed by atoms with E-state index < -0.39 is 41.3 Å². The number of hydrogen-bond acceptors (Lipinski definition) is 3. The first-order valence-corrected chi connectivity index (χ1v) is 4.16. The molecule has 1 heterocycles. The van der Waals surface area contributed by atoms with Gasteiger partial charge in [-0.3, -0.25) is 4.79 Å². The maximum absolute atomic E-state index is 12.4. The van der Waals surface area contributed by atoms with Crippen LogP contribution in [0.5, 0.6) is 5.75 Å². The van der Waals surface area contributed by atoms with Gasteiger partial charge in [0.1, 0.15) is 5.69 Å². The van der Waals surface area contributed by atoms with Crippen molar-refractivity contribution in [3.63, 3.8) is 0 Å². The number of ether oxygens (including phenoxy) is 1. The molecule has 0 saturated heterocycles. The highest BCUT2D eigenvalue weighted by Crippen LogP contribution is 2.30. The van der Waals surface area contributed by atoms with E-state index in [4.69, 9.17) is 5.11 Å². The average Bonchev–Trinajstić information content (AvgIpc) is 2.18. The Kier molecular flexibility index (Phi) is 3.58. The molecule has 1 aromatic heterocycles. The van der Waals surface area contributed by atoms with Crippen LogP contribution in [0.15, 0.2) is 10.9 Å². The van der Waals surface area contributed by atoms with Crippen molar-refractivity contribution in [2.75, 3.05) is 0 Å². The molecule has 0 fully saturated rings. The first-order valence-electron chi connectivity index (χ1n) is 4.16. The van der Waals surface area contributed by atoms with E-state index in [0.29, 0.717) is 0 Å². The molecular weight excluding hydrogens is 269 g/mol. The Morgan fingerprint density at radius 2 is 1.94 bits per heavy atom. The fraction of sp³-hybridized carbons (Fsp3) is 0.250. The lowest BCUT2D eigenvalue weighted by molar-refractivity contribution is -0.275. The second kappa shape index (κ2) is 4.63. The Hall–Kier alpha value is -2.13. The largest absolute Gasteiger partial charge is 0.573 e. The molecular formula is C8H4F5NO4. The number of halogens is 5. The van der Waals surface area contributed by atoms with Crippen molar-refractivity contribution in [3.05, 3.63) is 27.7 Å². The normalized spacial score (nSPS) is 11.7. The lowest BCUT2D eigenvalue weighted by Gasteiger charge is -2.12. The molecule has 1 aromatic rings. The standard InChI is InChI=1S/C8H4F5NO4/c9-5(10)2-1-3(7(16)17)14-6(15)4(2)18-8(11,12)13/h1,5H,(H,14,15)(H,16,17). The van der Waals surface area contributed by atoms with Gasteiger partial charge in [0.15, 0.2) is 0 Å². The summed E-state index contributed by atoms with van der Waals surface area (Å²) < 4.78 is 63.7. The highest BCUT2D eigenvalue weighted by molar-refractivity contribution is 5.85. The number of alkyl halides is 5. The lowest BCUT2D eigenvalue weighted by Crippen LogP contribution is -2.25. The van der Waals surface area contributed by atoms with Gasteiger partial charge in [-0.2, -0.15) is 0 Å². The van der Waals surface area contributed by atoms with Gasteiger partial charge < -0.3 is 14.8 Å². The fourth-order valence-electron chi connectivity index (χ4n) is 1.07. The summed E-state index contributed by atoms with van der Waals surface area (Å²) >= 11 is 0. The topological polar surface area (TPSA) is 79.4 Å². The van der Waals surface area contributed by atoms with Gasteiger partial charge in [-0.05, 0) is 6.07 Å². The molecule has 0 bridgehead atoms. The summed E-state index contributed by atoms with van der Waals surface area (Å²) in [5, 5.41) is 8.46. The van der Waals surface area contributed by atoms with Crippen molar-refractivity contribution in [1.82, 2.24) is 4.98 Å². The predicted molar refractivity (Wildman–Crippen MR) is 45.7 cm³/mol. The number of hydrogen-bond donors (Lipinski definition) is 2. The molecule has 0 radical (unpaired) electrons. The smallest absolute Gasteiger partial charge is 0.477 e. The maximum Gasteiger partial charge on any atom is 0.573 e. The number of aromatic carboxylic acids is 1.